The average Bonchev–Trinajstić information content (AvgIpc) is 2.75. The van der Waals surface area contributed by atoms with Crippen LogP contribution in [0.3, 0.4) is 0 Å². The Balaban J connectivity index is 1.64. The minimum absolute atomic E-state index is 0.0302. The number of benzene rings is 1. The molecule has 3 heterocycles. The number of halogens is 1. The predicted octanol–water partition coefficient (Wildman–Crippen LogP) is 3.22. The Labute approximate surface area is 174 Å². The standard InChI is InChI=1S/C23H24FN5O/c24-18-12-19(26)23(28-22(18)15-5-2-1-3-6-15)21(30)11-16-13-27-9-8-20(16)29-10-4-7-17(25)14-29/h1-3,5-6,8-9,12-13,17H,4,7,10-11,14,25-26H2/t17-/m0/s1. The first kappa shape index (κ1) is 20.0. The summed E-state index contributed by atoms with van der Waals surface area (Å²) in [5, 5.41) is 0. The van der Waals surface area contributed by atoms with Crippen molar-refractivity contribution in [1.29, 1.82) is 0 Å². The normalized spacial score (nSPS) is 16.5. The summed E-state index contributed by atoms with van der Waals surface area (Å²) >= 11 is 0. The summed E-state index contributed by atoms with van der Waals surface area (Å²) in [7, 11) is 0. The molecule has 1 aliphatic heterocycles. The molecule has 7 heteroatoms. The average molecular weight is 405 g/mol. The van der Waals surface area contributed by atoms with Gasteiger partial charge in [-0.1, -0.05) is 30.3 Å². The van der Waals surface area contributed by atoms with E-state index in [1.54, 1.807) is 36.7 Å². The van der Waals surface area contributed by atoms with Crippen molar-refractivity contribution in [3.05, 3.63) is 71.9 Å². The molecule has 3 aromatic rings. The first-order chi connectivity index (χ1) is 14.5. The number of carbonyl (C=O) groups is 1. The van der Waals surface area contributed by atoms with E-state index in [9.17, 15) is 9.18 Å². The Morgan fingerprint density at radius 1 is 1.23 bits per heavy atom. The van der Waals surface area contributed by atoms with E-state index < -0.39 is 5.82 Å². The van der Waals surface area contributed by atoms with Crippen LogP contribution in [0.5, 0.6) is 0 Å². The fourth-order valence-electron chi connectivity index (χ4n) is 3.87. The minimum Gasteiger partial charge on any atom is -0.397 e. The number of nitrogens with two attached hydrogens (primary N) is 2. The van der Waals surface area contributed by atoms with E-state index >= 15 is 0 Å². The van der Waals surface area contributed by atoms with E-state index in [2.05, 4.69) is 14.9 Å². The molecule has 1 fully saturated rings. The van der Waals surface area contributed by atoms with Gasteiger partial charge in [-0.2, -0.15) is 0 Å². The van der Waals surface area contributed by atoms with Gasteiger partial charge in [-0.15, -0.1) is 0 Å². The van der Waals surface area contributed by atoms with Gasteiger partial charge >= 0.3 is 0 Å². The largest absolute Gasteiger partial charge is 0.397 e. The maximum atomic E-state index is 14.5. The lowest BCUT2D eigenvalue weighted by Crippen LogP contribution is -2.43. The SMILES string of the molecule is Nc1cc(F)c(-c2ccccc2)nc1C(=O)Cc1cnccc1N1CCC[C@H](N)C1. The molecule has 0 aliphatic carbocycles. The summed E-state index contributed by atoms with van der Waals surface area (Å²) in [6.07, 6.45) is 5.47. The topological polar surface area (TPSA) is 98.1 Å². The van der Waals surface area contributed by atoms with Crippen molar-refractivity contribution in [2.45, 2.75) is 25.3 Å². The van der Waals surface area contributed by atoms with Crippen molar-refractivity contribution in [2.24, 2.45) is 5.73 Å². The lowest BCUT2D eigenvalue weighted by molar-refractivity contribution is 0.0989. The van der Waals surface area contributed by atoms with Crippen LogP contribution in [0.1, 0.15) is 28.9 Å². The molecule has 0 unspecified atom stereocenters. The molecule has 0 saturated carbocycles. The second-order valence-corrected chi connectivity index (χ2v) is 7.58. The van der Waals surface area contributed by atoms with Crippen LogP contribution in [0.4, 0.5) is 15.8 Å². The van der Waals surface area contributed by atoms with Gasteiger partial charge in [-0.25, -0.2) is 9.37 Å². The van der Waals surface area contributed by atoms with Gasteiger partial charge in [0.15, 0.2) is 11.6 Å². The van der Waals surface area contributed by atoms with Gasteiger partial charge in [0.05, 0.1) is 5.69 Å². The molecule has 30 heavy (non-hydrogen) atoms. The van der Waals surface area contributed by atoms with Crippen LogP contribution in [0.25, 0.3) is 11.3 Å². The highest BCUT2D eigenvalue weighted by Crippen LogP contribution is 2.27. The summed E-state index contributed by atoms with van der Waals surface area (Å²) in [5.74, 6) is -0.833. The molecular weight excluding hydrogens is 381 g/mol. The fraction of sp³-hybridized carbons (Fsp3) is 0.261. The first-order valence-electron chi connectivity index (χ1n) is 10.0. The minimum atomic E-state index is -0.556. The van der Waals surface area contributed by atoms with E-state index in [-0.39, 0.29) is 35.3 Å². The van der Waals surface area contributed by atoms with Crippen LogP contribution in [0, 0.1) is 5.82 Å². The molecule has 0 bridgehead atoms. The second-order valence-electron chi connectivity index (χ2n) is 7.58. The number of Topliss-reactive ketones (excluding diaryl/α,β-unsaturated/α-hetero) is 1. The van der Waals surface area contributed by atoms with Gasteiger partial charge in [0.25, 0.3) is 0 Å². The highest BCUT2D eigenvalue weighted by atomic mass is 19.1. The molecule has 2 aromatic heterocycles. The third-order valence-electron chi connectivity index (χ3n) is 5.34. The summed E-state index contributed by atoms with van der Waals surface area (Å²) in [5.41, 5.74) is 14.6. The molecule has 1 aromatic carbocycles. The monoisotopic (exact) mass is 405 g/mol. The van der Waals surface area contributed by atoms with Crippen molar-refractivity contribution >= 4 is 17.2 Å². The van der Waals surface area contributed by atoms with Crippen LogP contribution < -0.4 is 16.4 Å². The Morgan fingerprint density at radius 2 is 2.03 bits per heavy atom. The molecule has 0 amide bonds. The van der Waals surface area contributed by atoms with E-state index in [1.165, 1.54) is 0 Å². The van der Waals surface area contributed by atoms with Crippen molar-refractivity contribution in [3.8, 4) is 11.3 Å². The summed E-state index contributed by atoms with van der Waals surface area (Å²) in [6.45, 7) is 1.62. The summed E-state index contributed by atoms with van der Waals surface area (Å²) in [4.78, 5) is 23.8. The zero-order valence-corrected chi connectivity index (χ0v) is 16.6. The van der Waals surface area contributed by atoms with E-state index in [1.807, 2.05) is 12.1 Å². The lowest BCUT2D eigenvalue weighted by atomic mass is 10.0. The molecule has 0 spiro atoms. The van der Waals surface area contributed by atoms with Crippen molar-refractivity contribution in [3.63, 3.8) is 0 Å². The van der Waals surface area contributed by atoms with Crippen LogP contribution in [-0.2, 0) is 6.42 Å². The molecule has 1 saturated heterocycles. The predicted molar refractivity (Wildman–Crippen MR) is 116 cm³/mol. The maximum absolute atomic E-state index is 14.5. The number of piperidine rings is 1. The number of rotatable bonds is 5. The van der Waals surface area contributed by atoms with Crippen LogP contribution >= 0.6 is 0 Å². The zero-order chi connectivity index (χ0) is 21.1. The number of anilines is 2. The van der Waals surface area contributed by atoms with Gasteiger partial charge in [0.2, 0.25) is 0 Å². The van der Waals surface area contributed by atoms with E-state index in [4.69, 9.17) is 11.5 Å². The molecular formula is C23H24FN5O. The van der Waals surface area contributed by atoms with Crippen LogP contribution in [0.15, 0.2) is 54.9 Å². The molecule has 1 atom stereocenters. The molecule has 4 N–H and O–H groups in total. The smallest absolute Gasteiger partial charge is 0.187 e. The maximum Gasteiger partial charge on any atom is 0.187 e. The summed E-state index contributed by atoms with van der Waals surface area (Å²) < 4.78 is 14.5. The Hall–Kier alpha value is -3.32. The van der Waals surface area contributed by atoms with Crippen molar-refractivity contribution in [2.75, 3.05) is 23.7 Å². The molecule has 4 rings (SSSR count). The Morgan fingerprint density at radius 3 is 2.80 bits per heavy atom. The van der Waals surface area contributed by atoms with Crippen LogP contribution in [-0.4, -0.2) is 34.9 Å². The third-order valence-corrected chi connectivity index (χ3v) is 5.34. The number of hydrogen-bond acceptors (Lipinski definition) is 6. The van der Waals surface area contributed by atoms with Gasteiger partial charge in [0.1, 0.15) is 11.4 Å². The number of ketones is 1. The van der Waals surface area contributed by atoms with Gasteiger partial charge < -0.3 is 16.4 Å². The second kappa shape index (κ2) is 8.59. The number of carbonyl (C=O) groups excluding carboxylic acids is 1. The highest BCUT2D eigenvalue weighted by Gasteiger charge is 2.22. The Kier molecular flexibility index (Phi) is 5.72. The molecule has 154 valence electrons. The molecule has 6 nitrogen and oxygen atoms in total. The lowest BCUT2D eigenvalue weighted by Gasteiger charge is -2.33. The van der Waals surface area contributed by atoms with E-state index in [0.29, 0.717) is 5.56 Å². The molecule has 1 aliphatic rings. The van der Waals surface area contributed by atoms with Gasteiger partial charge in [-0.05, 0) is 18.9 Å². The highest BCUT2D eigenvalue weighted by molar-refractivity contribution is 6.01. The van der Waals surface area contributed by atoms with Crippen molar-refractivity contribution < 1.29 is 9.18 Å². The fourth-order valence-corrected chi connectivity index (χ4v) is 3.87. The summed E-state index contributed by atoms with van der Waals surface area (Å²) in [6, 6.07) is 12.1. The number of pyridine rings is 2. The quantitative estimate of drug-likeness (QED) is 0.633. The van der Waals surface area contributed by atoms with Crippen LogP contribution in [0.2, 0.25) is 0 Å². The molecule has 0 radical (unpaired) electrons. The number of hydrogen-bond donors (Lipinski definition) is 2. The number of aromatic nitrogens is 2. The first-order valence-corrected chi connectivity index (χ1v) is 10.0. The van der Waals surface area contributed by atoms with Gasteiger partial charge in [-0.3, -0.25) is 9.78 Å². The zero-order valence-electron chi connectivity index (χ0n) is 16.6. The Bertz CT molecular complexity index is 1060. The number of nitrogen functional groups attached to an aromatic ring is 1. The third kappa shape index (κ3) is 4.16. The van der Waals surface area contributed by atoms with E-state index in [0.717, 1.165) is 43.2 Å². The van der Waals surface area contributed by atoms with Crippen molar-refractivity contribution in [1.82, 2.24) is 9.97 Å². The van der Waals surface area contributed by atoms with Gasteiger partial charge in [0, 0.05) is 60.8 Å². The number of nitrogens with zero attached hydrogens (tertiary/aromatic N) is 3.